The van der Waals surface area contributed by atoms with Crippen LogP contribution in [0.15, 0.2) is 109 Å². The van der Waals surface area contributed by atoms with Gasteiger partial charge in [-0.2, -0.15) is 0 Å². The Bertz CT molecular complexity index is 1790. The first-order valence-electron chi connectivity index (χ1n) is 13.7. The van der Waals surface area contributed by atoms with Gasteiger partial charge in [0.25, 0.3) is 0 Å². The van der Waals surface area contributed by atoms with Crippen molar-refractivity contribution in [2.24, 2.45) is 0 Å². The monoisotopic (exact) mass is 508 g/mol. The Kier molecular flexibility index (Phi) is 6.19. The van der Waals surface area contributed by atoms with E-state index in [1.54, 1.807) is 0 Å². The highest BCUT2D eigenvalue weighted by molar-refractivity contribution is 6.02. The molecule has 6 aromatic carbocycles. The zero-order valence-corrected chi connectivity index (χ0v) is 22.9. The lowest BCUT2D eigenvalue weighted by Gasteiger charge is -2.31. The van der Waals surface area contributed by atoms with E-state index in [4.69, 9.17) is 4.74 Å². The lowest BCUT2D eigenvalue weighted by Crippen LogP contribution is -2.29. The van der Waals surface area contributed by atoms with Crippen molar-refractivity contribution in [1.82, 2.24) is 0 Å². The average molecular weight is 509 g/mol. The molecule has 6 aromatic rings. The van der Waals surface area contributed by atoms with Gasteiger partial charge in [-0.25, -0.2) is 4.79 Å². The molecule has 192 valence electrons. The SMILES string of the molecule is CCC.Cc1ccc2ccc(C3(c4ccc5ccc(C)cc5c4)OC(=O)c4cc5ccccc5cc43)cc2c1. The van der Waals surface area contributed by atoms with E-state index in [-0.39, 0.29) is 5.97 Å². The molecule has 7 rings (SSSR count). The van der Waals surface area contributed by atoms with E-state index in [9.17, 15) is 4.79 Å². The molecule has 0 amide bonds. The molecule has 0 unspecified atom stereocenters. The zero-order chi connectivity index (χ0) is 27.1. The molecule has 0 N–H and O–H groups in total. The van der Waals surface area contributed by atoms with Gasteiger partial charge < -0.3 is 4.74 Å². The largest absolute Gasteiger partial charge is 0.441 e. The second-order valence-electron chi connectivity index (χ2n) is 10.7. The maximum absolute atomic E-state index is 13.5. The van der Waals surface area contributed by atoms with Crippen molar-refractivity contribution in [1.29, 1.82) is 0 Å². The summed E-state index contributed by atoms with van der Waals surface area (Å²) >= 11 is 0. The number of benzene rings is 6. The van der Waals surface area contributed by atoms with Crippen LogP contribution in [0.5, 0.6) is 0 Å². The highest BCUT2D eigenvalue weighted by Gasteiger charge is 2.49. The quantitative estimate of drug-likeness (QED) is 0.218. The molecular weight excluding hydrogens is 476 g/mol. The van der Waals surface area contributed by atoms with Crippen LogP contribution in [0.1, 0.15) is 58.4 Å². The Morgan fingerprint density at radius 2 is 1.05 bits per heavy atom. The minimum Gasteiger partial charge on any atom is -0.441 e. The molecule has 0 saturated heterocycles. The van der Waals surface area contributed by atoms with Gasteiger partial charge in [-0.15, -0.1) is 0 Å². The standard InChI is InChI=1S/C34H24O2.C3H8/c1-21-7-9-23-11-13-29(17-27(23)15-21)34(30-14-12-24-10-8-22(2)16-28(24)18-30)32-20-26-6-4-3-5-25(26)19-31(32)33(35)36-34;1-3-2/h3-20H,1-2H3;3H2,1-2H3. The van der Waals surface area contributed by atoms with Crippen LogP contribution < -0.4 is 0 Å². The van der Waals surface area contributed by atoms with E-state index < -0.39 is 5.60 Å². The Balaban J connectivity index is 0.000000883. The van der Waals surface area contributed by atoms with E-state index in [2.05, 4.69) is 113 Å². The number of rotatable bonds is 2. The molecule has 0 radical (unpaired) electrons. The van der Waals surface area contributed by atoms with Crippen molar-refractivity contribution < 1.29 is 9.53 Å². The van der Waals surface area contributed by atoms with E-state index in [0.717, 1.165) is 49.0 Å². The predicted molar refractivity (Wildman–Crippen MR) is 163 cm³/mol. The summed E-state index contributed by atoms with van der Waals surface area (Å²) in [6.07, 6.45) is 1.25. The summed E-state index contributed by atoms with van der Waals surface area (Å²) in [5.41, 5.74) is 4.79. The van der Waals surface area contributed by atoms with Gasteiger partial charge >= 0.3 is 5.97 Å². The number of fused-ring (bicyclic) bond motifs is 4. The van der Waals surface area contributed by atoms with Gasteiger partial charge in [0.05, 0.1) is 5.56 Å². The molecule has 1 aliphatic heterocycles. The van der Waals surface area contributed by atoms with Gasteiger partial charge in [0, 0.05) is 16.7 Å². The maximum atomic E-state index is 13.5. The minimum atomic E-state index is -1.04. The fraction of sp³-hybridized carbons (Fsp3) is 0.162. The second kappa shape index (κ2) is 9.71. The third-order valence-corrected chi connectivity index (χ3v) is 7.54. The number of hydrogen-bond acceptors (Lipinski definition) is 2. The van der Waals surface area contributed by atoms with Crippen LogP contribution >= 0.6 is 0 Å². The number of carbonyl (C=O) groups is 1. The summed E-state index contributed by atoms with van der Waals surface area (Å²) in [7, 11) is 0. The van der Waals surface area contributed by atoms with Crippen LogP contribution in [-0.2, 0) is 10.3 Å². The van der Waals surface area contributed by atoms with Crippen molar-refractivity contribution >= 4 is 38.3 Å². The molecule has 39 heavy (non-hydrogen) atoms. The third kappa shape index (κ3) is 4.17. The number of ether oxygens (including phenoxy) is 1. The van der Waals surface area contributed by atoms with Crippen molar-refractivity contribution in [3.63, 3.8) is 0 Å². The second-order valence-corrected chi connectivity index (χ2v) is 10.7. The first-order valence-corrected chi connectivity index (χ1v) is 13.7. The average Bonchev–Trinajstić information content (AvgIpc) is 3.23. The van der Waals surface area contributed by atoms with E-state index in [1.165, 1.54) is 17.5 Å². The van der Waals surface area contributed by atoms with Gasteiger partial charge in [-0.05, 0) is 70.4 Å². The number of cyclic esters (lactones) is 1. The van der Waals surface area contributed by atoms with Crippen LogP contribution in [0.4, 0.5) is 0 Å². The molecule has 0 fully saturated rings. The van der Waals surface area contributed by atoms with Gasteiger partial charge in [0.1, 0.15) is 0 Å². The van der Waals surface area contributed by atoms with Crippen molar-refractivity contribution in [2.75, 3.05) is 0 Å². The van der Waals surface area contributed by atoms with E-state index in [1.807, 2.05) is 24.3 Å². The summed E-state index contributed by atoms with van der Waals surface area (Å²) in [6.45, 7) is 8.45. The number of aryl methyl sites for hydroxylation is 2. The minimum absolute atomic E-state index is 0.288. The molecular formula is C37H32O2. The molecule has 2 heteroatoms. The molecule has 0 bridgehead atoms. The number of hydrogen-bond donors (Lipinski definition) is 0. The smallest absolute Gasteiger partial charge is 0.340 e. The van der Waals surface area contributed by atoms with Gasteiger partial charge in [-0.3, -0.25) is 0 Å². The fourth-order valence-corrected chi connectivity index (χ4v) is 5.72. The third-order valence-electron chi connectivity index (χ3n) is 7.54. The molecule has 0 aromatic heterocycles. The lowest BCUT2D eigenvalue weighted by molar-refractivity contribution is 0.0252. The van der Waals surface area contributed by atoms with Crippen LogP contribution in [0.25, 0.3) is 32.3 Å². The molecule has 0 saturated carbocycles. The van der Waals surface area contributed by atoms with Gasteiger partial charge in [0.15, 0.2) is 5.60 Å². The summed E-state index contributed by atoms with van der Waals surface area (Å²) in [5.74, 6) is -0.288. The molecule has 1 heterocycles. The van der Waals surface area contributed by atoms with Gasteiger partial charge in [-0.1, -0.05) is 116 Å². The van der Waals surface area contributed by atoms with Crippen molar-refractivity contribution in [2.45, 2.75) is 39.7 Å². The molecule has 0 spiro atoms. The Morgan fingerprint density at radius 3 is 1.59 bits per heavy atom. The molecule has 0 aliphatic carbocycles. The summed E-state index contributed by atoms with van der Waals surface area (Å²) in [5, 5.41) is 6.72. The Labute approximate surface area is 229 Å². The topological polar surface area (TPSA) is 26.3 Å². The van der Waals surface area contributed by atoms with E-state index in [0.29, 0.717) is 5.56 Å². The summed E-state index contributed by atoms with van der Waals surface area (Å²) < 4.78 is 6.48. The van der Waals surface area contributed by atoms with E-state index >= 15 is 0 Å². The van der Waals surface area contributed by atoms with Crippen LogP contribution in [0.3, 0.4) is 0 Å². The highest BCUT2D eigenvalue weighted by Crippen LogP contribution is 2.49. The highest BCUT2D eigenvalue weighted by atomic mass is 16.6. The van der Waals surface area contributed by atoms with Crippen LogP contribution in [0.2, 0.25) is 0 Å². The van der Waals surface area contributed by atoms with Crippen molar-refractivity contribution in [3.05, 3.63) is 143 Å². The first kappa shape index (κ1) is 24.9. The summed E-state index contributed by atoms with van der Waals surface area (Å²) in [4.78, 5) is 13.5. The maximum Gasteiger partial charge on any atom is 0.340 e. The number of carbonyl (C=O) groups excluding carboxylic acids is 1. The molecule has 1 aliphatic rings. The Morgan fingerprint density at radius 1 is 0.564 bits per heavy atom. The Hall–Kier alpha value is -4.43. The fourth-order valence-electron chi connectivity index (χ4n) is 5.72. The predicted octanol–water partition coefficient (Wildman–Crippen LogP) is 9.64. The number of esters is 1. The normalized spacial score (nSPS) is 13.7. The van der Waals surface area contributed by atoms with Crippen LogP contribution in [-0.4, -0.2) is 5.97 Å². The van der Waals surface area contributed by atoms with Crippen LogP contribution in [0, 0.1) is 13.8 Å². The van der Waals surface area contributed by atoms with Gasteiger partial charge in [0.2, 0.25) is 0 Å². The lowest BCUT2D eigenvalue weighted by atomic mass is 9.78. The molecule has 0 atom stereocenters. The zero-order valence-electron chi connectivity index (χ0n) is 22.9. The first-order chi connectivity index (χ1) is 18.9. The van der Waals surface area contributed by atoms with Crippen molar-refractivity contribution in [3.8, 4) is 0 Å². The summed E-state index contributed by atoms with van der Waals surface area (Å²) in [6, 6.07) is 38.0. The molecule has 2 nitrogen and oxygen atoms in total.